The number of nitrogens with zero attached hydrogens (tertiary/aromatic N) is 2. The molecule has 5 heteroatoms. The first kappa shape index (κ1) is 17.8. The molecule has 1 aromatic carbocycles. The van der Waals surface area contributed by atoms with Crippen LogP contribution in [0.15, 0.2) is 24.3 Å². The molecule has 2 amide bonds. The van der Waals surface area contributed by atoms with E-state index in [-0.39, 0.29) is 6.03 Å². The van der Waals surface area contributed by atoms with E-state index in [1.54, 1.807) is 0 Å². The molecule has 0 aliphatic carbocycles. The zero-order valence-electron chi connectivity index (χ0n) is 14.7. The van der Waals surface area contributed by atoms with Crippen molar-refractivity contribution in [3.63, 3.8) is 0 Å². The number of rotatable bonds is 5. The monoisotopic (exact) mass is 319 g/mol. The summed E-state index contributed by atoms with van der Waals surface area (Å²) < 4.78 is 5.38. The van der Waals surface area contributed by atoms with E-state index in [4.69, 9.17) is 4.74 Å². The van der Waals surface area contributed by atoms with Gasteiger partial charge in [-0.2, -0.15) is 0 Å². The van der Waals surface area contributed by atoms with Crippen LogP contribution >= 0.6 is 0 Å². The lowest BCUT2D eigenvalue weighted by molar-refractivity contribution is 0.113. The third-order valence-corrected chi connectivity index (χ3v) is 4.56. The Balaban J connectivity index is 1.90. The number of hydrogen-bond acceptors (Lipinski definition) is 3. The zero-order valence-corrected chi connectivity index (χ0v) is 14.7. The summed E-state index contributed by atoms with van der Waals surface area (Å²) in [7, 11) is 4.03. The SMILES string of the molecule is CCOCc1ccc(NC(=O)N(C)[C@H]2CCN(C)C[C@H]2C)cc1. The molecule has 1 N–H and O–H groups in total. The number of hydrogen-bond donors (Lipinski definition) is 1. The van der Waals surface area contributed by atoms with E-state index >= 15 is 0 Å². The molecule has 0 aromatic heterocycles. The quantitative estimate of drug-likeness (QED) is 0.907. The third kappa shape index (κ3) is 4.94. The van der Waals surface area contributed by atoms with Gasteiger partial charge in [0.15, 0.2) is 0 Å². The van der Waals surface area contributed by atoms with E-state index < -0.39 is 0 Å². The Hall–Kier alpha value is -1.59. The van der Waals surface area contributed by atoms with Crippen LogP contribution in [-0.4, -0.2) is 55.7 Å². The average molecular weight is 319 g/mol. The van der Waals surface area contributed by atoms with Gasteiger partial charge in [-0.15, -0.1) is 0 Å². The molecule has 1 aliphatic heterocycles. The molecule has 0 saturated carbocycles. The molecular weight excluding hydrogens is 290 g/mol. The van der Waals surface area contributed by atoms with Crippen LogP contribution in [0, 0.1) is 5.92 Å². The maximum absolute atomic E-state index is 12.5. The zero-order chi connectivity index (χ0) is 16.8. The number of piperidine rings is 1. The van der Waals surface area contributed by atoms with Gasteiger partial charge in [-0.25, -0.2) is 4.79 Å². The second-order valence-corrected chi connectivity index (χ2v) is 6.47. The number of benzene rings is 1. The first-order chi connectivity index (χ1) is 11.0. The number of carbonyl (C=O) groups excluding carboxylic acids is 1. The summed E-state index contributed by atoms with van der Waals surface area (Å²) in [5, 5.41) is 2.99. The van der Waals surface area contributed by atoms with Gasteiger partial charge >= 0.3 is 6.03 Å². The van der Waals surface area contributed by atoms with Gasteiger partial charge in [0.2, 0.25) is 0 Å². The van der Waals surface area contributed by atoms with E-state index in [1.165, 1.54) is 0 Å². The Bertz CT molecular complexity index is 503. The average Bonchev–Trinajstić information content (AvgIpc) is 2.53. The van der Waals surface area contributed by atoms with Crippen LogP contribution in [0.25, 0.3) is 0 Å². The topological polar surface area (TPSA) is 44.8 Å². The molecule has 5 nitrogen and oxygen atoms in total. The molecule has 0 unspecified atom stereocenters. The van der Waals surface area contributed by atoms with Crippen molar-refractivity contribution in [1.82, 2.24) is 9.80 Å². The minimum absolute atomic E-state index is 0.0380. The van der Waals surface area contributed by atoms with Crippen molar-refractivity contribution in [3.05, 3.63) is 29.8 Å². The van der Waals surface area contributed by atoms with Gasteiger partial charge < -0.3 is 19.9 Å². The van der Waals surface area contributed by atoms with Gasteiger partial charge in [0, 0.05) is 31.9 Å². The first-order valence-electron chi connectivity index (χ1n) is 8.40. The van der Waals surface area contributed by atoms with E-state index in [1.807, 2.05) is 43.1 Å². The molecule has 0 bridgehead atoms. The Labute approximate surface area is 139 Å². The van der Waals surface area contributed by atoms with E-state index in [0.717, 1.165) is 30.8 Å². The molecule has 128 valence electrons. The summed E-state index contributed by atoms with van der Waals surface area (Å²) in [4.78, 5) is 16.6. The first-order valence-corrected chi connectivity index (χ1v) is 8.40. The largest absolute Gasteiger partial charge is 0.377 e. The Morgan fingerprint density at radius 2 is 2.09 bits per heavy atom. The number of likely N-dealkylation sites (tertiary alicyclic amines) is 1. The van der Waals surface area contributed by atoms with E-state index in [9.17, 15) is 4.79 Å². The molecule has 23 heavy (non-hydrogen) atoms. The summed E-state index contributed by atoms with van der Waals surface area (Å²) in [6.45, 7) is 7.59. The maximum atomic E-state index is 12.5. The number of nitrogens with one attached hydrogen (secondary N) is 1. The highest BCUT2D eigenvalue weighted by atomic mass is 16.5. The lowest BCUT2D eigenvalue weighted by Gasteiger charge is -2.39. The summed E-state index contributed by atoms with van der Waals surface area (Å²) in [6.07, 6.45) is 1.02. The van der Waals surface area contributed by atoms with Gasteiger partial charge in [0.05, 0.1) is 6.61 Å². The standard InChI is InChI=1S/C18H29N3O2/c1-5-23-13-15-6-8-16(9-7-15)19-18(22)21(4)17-10-11-20(3)12-14(17)2/h6-9,14,17H,5,10-13H2,1-4H3,(H,19,22)/t14-,17+/m1/s1. The fourth-order valence-electron chi connectivity index (χ4n) is 3.18. The lowest BCUT2D eigenvalue weighted by atomic mass is 9.93. The predicted octanol–water partition coefficient (Wildman–Crippen LogP) is 3.03. The molecule has 1 aromatic rings. The van der Waals surface area contributed by atoms with Crippen LogP contribution in [0.4, 0.5) is 10.5 Å². The minimum Gasteiger partial charge on any atom is -0.377 e. The highest BCUT2D eigenvalue weighted by Gasteiger charge is 2.29. The fourth-order valence-corrected chi connectivity index (χ4v) is 3.18. The molecular formula is C18H29N3O2. The second-order valence-electron chi connectivity index (χ2n) is 6.47. The predicted molar refractivity (Wildman–Crippen MR) is 93.6 cm³/mol. The van der Waals surface area contributed by atoms with Crippen molar-refractivity contribution in [2.24, 2.45) is 5.92 Å². The number of carbonyl (C=O) groups is 1. The number of urea groups is 1. The van der Waals surface area contributed by atoms with Crippen molar-refractivity contribution < 1.29 is 9.53 Å². The van der Waals surface area contributed by atoms with Crippen molar-refractivity contribution in [2.45, 2.75) is 32.9 Å². The van der Waals surface area contributed by atoms with Crippen LogP contribution in [0.5, 0.6) is 0 Å². The van der Waals surface area contributed by atoms with Gasteiger partial charge in [0.25, 0.3) is 0 Å². The Morgan fingerprint density at radius 3 is 2.70 bits per heavy atom. The van der Waals surface area contributed by atoms with Crippen molar-refractivity contribution in [3.8, 4) is 0 Å². The molecule has 1 saturated heterocycles. The summed E-state index contributed by atoms with van der Waals surface area (Å²) in [6, 6.07) is 8.09. The molecule has 2 rings (SSSR count). The van der Waals surface area contributed by atoms with E-state index in [0.29, 0.717) is 25.2 Å². The Kier molecular flexibility index (Phi) is 6.42. The lowest BCUT2D eigenvalue weighted by Crippen LogP contribution is -2.50. The van der Waals surface area contributed by atoms with Crippen LogP contribution in [0.3, 0.4) is 0 Å². The van der Waals surface area contributed by atoms with Crippen molar-refractivity contribution in [1.29, 1.82) is 0 Å². The van der Waals surface area contributed by atoms with Crippen molar-refractivity contribution in [2.75, 3.05) is 39.1 Å². The minimum atomic E-state index is -0.0380. The van der Waals surface area contributed by atoms with Crippen LogP contribution < -0.4 is 5.32 Å². The summed E-state index contributed by atoms with van der Waals surface area (Å²) in [5.41, 5.74) is 1.94. The maximum Gasteiger partial charge on any atom is 0.321 e. The van der Waals surface area contributed by atoms with Gasteiger partial charge in [-0.1, -0.05) is 19.1 Å². The number of ether oxygens (including phenoxy) is 1. The smallest absolute Gasteiger partial charge is 0.321 e. The number of amides is 2. The second kappa shape index (κ2) is 8.31. The van der Waals surface area contributed by atoms with Crippen molar-refractivity contribution >= 4 is 11.7 Å². The molecule has 0 radical (unpaired) electrons. The van der Waals surface area contributed by atoms with Crippen LogP contribution in [-0.2, 0) is 11.3 Å². The van der Waals surface area contributed by atoms with Gasteiger partial charge in [-0.3, -0.25) is 0 Å². The summed E-state index contributed by atoms with van der Waals surface area (Å²) in [5.74, 6) is 0.484. The molecule has 0 spiro atoms. The fraction of sp³-hybridized carbons (Fsp3) is 0.611. The molecule has 1 fully saturated rings. The highest BCUT2D eigenvalue weighted by Crippen LogP contribution is 2.21. The Morgan fingerprint density at radius 1 is 1.39 bits per heavy atom. The van der Waals surface area contributed by atoms with Crippen LogP contribution in [0.2, 0.25) is 0 Å². The number of anilines is 1. The normalized spacial score (nSPS) is 21.9. The van der Waals surface area contributed by atoms with Gasteiger partial charge in [0.1, 0.15) is 0 Å². The van der Waals surface area contributed by atoms with Gasteiger partial charge in [-0.05, 0) is 50.6 Å². The highest BCUT2D eigenvalue weighted by molar-refractivity contribution is 5.89. The van der Waals surface area contributed by atoms with E-state index in [2.05, 4.69) is 24.2 Å². The summed E-state index contributed by atoms with van der Waals surface area (Å²) >= 11 is 0. The van der Waals surface area contributed by atoms with Crippen LogP contribution in [0.1, 0.15) is 25.8 Å². The molecule has 1 aliphatic rings. The molecule has 2 atom stereocenters. The third-order valence-electron chi connectivity index (χ3n) is 4.56. The molecule has 1 heterocycles.